The summed E-state index contributed by atoms with van der Waals surface area (Å²) in [5.41, 5.74) is 4.52. The average molecular weight is 573 g/mol. The van der Waals surface area contributed by atoms with E-state index in [-0.39, 0.29) is 23.7 Å². The maximum Gasteiger partial charge on any atom is 0.341 e. The largest absolute Gasteiger partial charge is 0.462 e. The van der Waals surface area contributed by atoms with Crippen molar-refractivity contribution >= 4 is 11.9 Å². The molecule has 2 aromatic heterocycles. The van der Waals surface area contributed by atoms with Crippen molar-refractivity contribution < 1.29 is 14.3 Å². The highest BCUT2D eigenvalue weighted by Gasteiger charge is 2.46. The van der Waals surface area contributed by atoms with Gasteiger partial charge in [0.25, 0.3) is 0 Å². The van der Waals surface area contributed by atoms with Crippen molar-refractivity contribution in [2.24, 2.45) is 13.0 Å². The van der Waals surface area contributed by atoms with Gasteiger partial charge in [-0.25, -0.2) is 9.48 Å². The lowest BCUT2D eigenvalue weighted by atomic mass is 9.77. The fourth-order valence-electron chi connectivity index (χ4n) is 7.37. The number of rotatable bonds is 10. The number of unbranched alkanes of at least 4 members (excludes halogenated alkanes) is 1. The molecular formula is C33H44N6O3. The van der Waals surface area contributed by atoms with Crippen LogP contribution in [-0.2, 0) is 16.6 Å². The lowest BCUT2D eigenvalue weighted by Gasteiger charge is -2.34. The number of benzene rings is 1. The van der Waals surface area contributed by atoms with E-state index >= 15 is 0 Å². The van der Waals surface area contributed by atoms with Crippen LogP contribution in [0.2, 0.25) is 0 Å². The van der Waals surface area contributed by atoms with Crippen LogP contribution < -0.4 is 0 Å². The first-order valence-electron chi connectivity index (χ1n) is 16.0. The Balaban J connectivity index is 1.23. The molecule has 0 N–H and O–H groups in total. The summed E-state index contributed by atoms with van der Waals surface area (Å²) in [6, 6.07) is 8.97. The van der Waals surface area contributed by atoms with E-state index in [1.165, 1.54) is 18.4 Å². The van der Waals surface area contributed by atoms with Crippen molar-refractivity contribution in [2.75, 3.05) is 13.2 Å². The molecule has 42 heavy (non-hydrogen) atoms. The Labute approximate surface area is 248 Å². The van der Waals surface area contributed by atoms with Gasteiger partial charge in [-0.1, -0.05) is 43.5 Å². The van der Waals surface area contributed by atoms with Gasteiger partial charge in [0.2, 0.25) is 5.91 Å². The number of hydrogen-bond acceptors (Lipinski definition) is 6. The van der Waals surface area contributed by atoms with Gasteiger partial charge in [-0.15, -0.1) is 5.10 Å². The van der Waals surface area contributed by atoms with Crippen molar-refractivity contribution in [3.8, 4) is 5.69 Å². The molecule has 1 saturated heterocycles. The summed E-state index contributed by atoms with van der Waals surface area (Å²) >= 11 is 0. The Morgan fingerprint density at radius 3 is 2.74 bits per heavy atom. The molecular weight excluding hydrogens is 528 g/mol. The fourth-order valence-corrected chi connectivity index (χ4v) is 7.37. The number of carbonyl (C=O) groups is 2. The first-order chi connectivity index (χ1) is 20.5. The molecule has 6 rings (SSSR count). The molecule has 3 heterocycles. The molecule has 3 aromatic rings. The molecule has 224 valence electrons. The molecule has 0 spiro atoms. The van der Waals surface area contributed by atoms with Crippen molar-refractivity contribution in [3.05, 3.63) is 59.2 Å². The molecule has 9 heteroatoms. The van der Waals surface area contributed by atoms with Crippen LogP contribution in [0.3, 0.4) is 0 Å². The number of amides is 1. The van der Waals surface area contributed by atoms with Crippen molar-refractivity contribution in [1.29, 1.82) is 0 Å². The summed E-state index contributed by atoms with van der Waals surface area (Å²) in [5.74, 6) is 0.789. The average Bonchev–Trinajstić information content (AvgIpc) is 3.33. The number of ether oxygens (including phenoxy) is 1. The standard InChI is InChI=1S/C33H44N6O3/c1-4-6-13-25-15-9-16-38(25)32(40)24-12-7-10-22(17-24)23-11-8-14-26(18-23)39-31(29(20-34-39)33(41)42-5-2)28-19-27(28)30-21-37(3)36-35-30/h8,11,14,18,20-22,24-25,27-28H,4-7,9-10,12-13,15-17,19H2,1-3H3. The highest BCUT2D eigenvalue weighted by molar-refractivity contribution is 5.91. The summed E-state index contributed by atoms with van der Waals surface area (Å²) in [4.78, 5) is 28.9. The number of esters is 1. The molecule has 1 amide bonds. The lowest BCUT2D eigenvalue weighted by Crippen LogP contribution is -2.41. The maximum atomic E-state index is 13.7. The molecule has 5 atom stereocenters. The van der Waals surface area contributed by atoms with Gasteiger partial charge in [0.05, 0.1) is 29.9 Å². The summed E-state index contributed by atoms with van der Waals surface area (Å²) in [7, 11) is 1.87. The second-order valence-corrected chi connectivity index (χ2v) is 12.5. The van der Waals surface area contributed by atoms with Crippen LogP contribution in [-0.4, -0.2) is 60.7 Å². The summed E-state index contributed by atoms with van der Waals surface area (Å²) in [6.07, 6.45) is 14.3. The molecule has 0 bridgehead atoms. The van der Waals surface area contributed by atoms with E-state index in [0.717, 1.165) is 75.0 Å². The third kappa shape index (κ3) is 5.75. The second-order valence-electron chi connectivity index (χ2n) is 12.5. The zero-order valence-corrected chi connectivity index (χ0v) is 25.2. The zero-order chi connectivity index (χ0) is 29.2. The molecule has 0 radical (unpaired) electrons. The van der Waals surface area contributed by atoms with Gasteiger partial charge >= 0.3 is 5.97 Å². The quantitative estimate of drug-likeness (QED) is 0.281. The monoisotopic (exact) mass is 572 g/mol. The molecule has 5 unspecified atom stereocenters. The van der Waals surface area contributed by atoms with Gasteiger partial charge < -0.3 is 9.64 Å². The first-order valence-corrected chi connectivity index (χ1v) is 16.0. The van der Waals surface area contributed by atoms with E-state index in [9.17, 15) is 9.59 Å². The molecule has 2 aliphatic carbocycles. The van der Waals surface area contributed by atoms with Gasteiger partial charge in [-0.2, -0.15) is 5.10 Å². The van der Waals surface area contributed by atoms with Crippen LogP contribution in [0.4, 0.5) is 0 Å². The number of likely N-dealkylation sites (tertiary alicyclic amines) is 1. The van der Waals surface area contributed by atoms with Crippen molar-refractivity contribution in [2.45, 2.75) is 102 Å². The van der Waals surface area contributed by atoms with Gasteiger partial charge in [-0.3, -0.25) is 9.48 Å². The predicted molar refractivity (Wildman–Crippen MR) is 160 cm³/mol. The SMILES string of the molecule is CCCCC1CCCN1C(=O)C1CCCC(c2cccc(-n3ncc(C(=O)OCC)c3C3CC3c3cn(C)nn3)c2)C1. The topological polar surface area (TPSA) is 95.1 Å². The van der Waals surface area contributed by atoms with E-state index < -0.39 is 0 Å². The van der Waals surface area contributed by atoms with Crippen LogP contribution in [0, 0.1) is 5.92 Å². The normalized spacial score (nSPS) is 25.5. The molecule has 9 nitrogen and oxygen atoms in total. The minimum Gasteiger partial charge on any atom is -0.462 e. The molecule has 1 aliphatic heterocycles. The van der Waals surface area contributed by atoms with E-state index in [1.54, 1.807) is 10.9 Å². The van der Waals surface area contributed by atoms with Gasteiger partial charge in [0.15, 0.2) is 0 Å². The van der Waals surface area contributed by atoms with E-state index in [2.05, 4.69) is 46.4 Å². The van der Waals surface area contributed by atoms with Gasteiger partial charge in [0, 0.05) is 43.6 Å². The third-order valence-corrected chi connectivity index (χ3v) is 9.60. The first kappa shape index (κ1) is 28.6. The second kappa shape index (κ2) is 12.4. The highest BCUT2D eigenvalue weighted by Crippen LogP contribution is 2.55. The predicted octanol–water partition coefficient (Wildman–Crippen LogP) is 5.90. The number of nitrogens with zero attached hydrogens (tertiary/aromatic N) is 6. The fraction of sp³-hybridized carbons (Fsp3) is 0.606. The van der Waals surface area contributed by atoms with Crippen molar-refractivity contribution in [1.82, 2.24) is 29.7 Å². The summed E-state index contributed by atoms with van der Waals surface area (Å²) < 4.78 is 9.04. The minimum absolute atomic E-state index is 0.101. The van der Waals surface area contributed by atoms with Crippen LogP contribution in [0.1, 0.15) is 123 Å². The summed E-state index contributed by atoms with van der Waals surface area (Å²) in [5, 5.41) is 13.2. The molecule has 3 fully saturated rings. The van der Waals surface area contributed by atoms with E-state index in [4.69, 9.17) is 9.84 Å². The number of carbonyl (C=O) groups excluding carboxylic acids is 2. The van der Waals surface area contributed by atoms with Crippen LogP contribution in [0.15, 0.2) is 36.7 Å². The maximum absolute atomic E-state index is 13.7. The van der Waals surface area contributed by atoms with Gasteiger partial charge in [0.1, 0.15) is 5.56 Å². The van der Waals surface area contributed by atoms with E-state index in [0.29, 0.717) is 30.0 Å². The lowest BCUT2D eigenvalue weighted by molar-refractivity contribution is -0.137. The minimum atomic E-state index is -0.340. The smallest absolute Gasteiger partial charge is 0.341 e. The Bertz CT molecular complexity index is 1410. The Hall–Kier alpha value is -3.49. The number of aromatic nitrogens is 5. The highest BCUT2D eigenvalue weighted by atomic mass is 16.5. The van der Waals surface area contributed by atoms with E-state index in [1.807, 2.05) is 24.9 Å². The zero-order valence-electron chi connectivity index (χ0n) is 25.2. The Kier molecular flexibility index (Phi) is 8.45. The Morgan fingerprint density at radius 2 is 1.95 bits per heavy atom. The third-order valence-electron chi connectivity index (χ3n) is 9.60. The number of aryl methyl sites for hydroxylation is 1. The van der Waals surface area contributed by atoms with Crippen LogP contribution in [0.5, 0.6) is 0 Å². The number of hydrogen-bond donors (Lipinski definition) is 0. The molecule has 1 aromatic carbocycles. The molecule has 2 saturated carbocycles. The van der Waals surface area contributed by atoms with Crippen LogP contribution in [0.25, 0.3) is 5.69 Å². The Morgan fingerprint density at radius 1 is 1.07 bits per heavy atom. The summed E-state index contributed by atoms with van der Waals surface area (Å²) in [6.45, 7) is 5.29. The van der Waals surface area contributed by atoms with Crippen molar-refractivity contribution in [3.63, 3.8) is 0 Å². The van der Waals surface area contributed by atoms with Gasteiger partial charge in [-0.05, 0) is 75.5 Å². The molecule has 3 aliphatic rings. The van der Waals surface area contributed by atoms with Crippen LogP contribution >= 0.6 is 0 Å².